The highest BCUT2D eigenvalue weighted by Crippen LogP contribution is 2.24. The van der Waals surface area contributed by atoms with Crippen LogP contribution in [0.15, 0.2) is 46.9 Å². The predicted octanol–water partition coefficient (Wildman–Crippen LogP) is 5.53. The standard InChI is InChI=1S/C17H18BrClFN/c1-2-6-21-17(8-12-4-3-5-15(19)7-12)13-9-14(18)11-16(20)10-13/h3-5,7,9-11,17,21H,2,6,8H2,1H3. The van der Waals surface area contributed by atoms with Gasteiger partial charge < -0.3 is 5.32 Å². The van der Waals surface area contributed by atoms with Crippen molar-refractivity contribution in [1.29, 1.82) is 0 Å². The SMILES string of the molecule is CCCNC(Cc1cccc(Cl)c1)c1cc(F)cc(Br)c1. The van der Waals surface area contributed by atoms with Crippen LogP contribution in [0, 0.1) is 5.82 Å². The first kappa shape index (κ1) is 16.5. The lowest BCUT2D eigenvalue weighted by molar-refractivity contribution is 0.524. The Kier molecular flexibility index (Phi) is 6.22. The van der Waals surface area contributed by atoms with Crippen molar-refractivity contribution in [2.45, 2.75) is 25.8 Å². The van der Waals surface area contributed by atoms with E-state index in [2.05, 4.69) is 28.2 Å². The summed E-state index contributed by atoms with van der Waals surface area (Å²) in [6.45, 7) is 3.00. The first-order valence-corrected chi connectivity index (χ1v) is 8.19. The lowest BCUT2D eigenvalue weighted by Crippen LogP contribution is -2.24. The smallest absolute Gasteiger partial charge is 0.124 e. The molecule has 0 heterocycles. The molecular weight excluding hydrogens is 353 g/mol. The van der Waals surface area contributed by atoms with Gasteiger partial charge in [0, 0.05) is 15.5 Å². The quantitative estimate of drug-likeness (QED) is 0.705. The summed E-state index contributed by atoms with van der Waals surface area (Å²) in [6, 6.07) is 12.9. The largest absolute Gasteiger partial charge is 0.310 e. The molecule has 0 spiro atoms. The Morgan fingerprint density at radius 3 is 2.71 bits per heavy atom. The van der Waals surface area contributed by atoms with Gasteiger partial charge in [0.15, 0.2) is 0 Å². The average Bonchev–Trinajstić information content (AvgIpc) is 2.42. The summed E-state index contributed by atoms with van der Waals surface area (Å²) >= 11 is 9.40. The highest BCUT2D eigenvalue weighted by Gasteiger charge is 2.13. The highest BCUT2D eigenvalue weighted by molar-refractivity contribution is 9.10. The van der Waals surface area contributed by atoms with Crippen LogP contribution in [0.2, 0.25) is 5.02 Å². The van der Waals surface area contributed by atoms with Crippen LogP contribution in [0.3, 0.4) is 0 Å². The van der Waals surface area contributed by atoms with Gasteiger partial charge >= 0.3 is 0 Å². The minimum atomic E-state index is -0.228. The van der Waals surface area contributed by atoms with Gasteiger partial charge in [-0.15, -0.1) is 0 Å². The summed E-state index contributed by atoms with van der Waals surface area (Å²) in [4.78, 5) is 0. The van der Waals surface area contributed by atoms with E-state index < -0.39 is 0 Å². The molecule has 0 fully saturated rings. The Hall–Kier alpha value is -0.900. The number of nitrogens with one attached hydrogen (secondary N) is 1. The molecular formula is C17H18BrClFN. The van der Waals surface area contributed by atoms with Gasteiger partial charge in [0.2, 0.25) is 0 Å². The van der Waals surface area contributed by atoms with Crippen molar-refractivity contribution >= 4 is 27.5 Å². The second kappa shape index (κ2) is 7.92. The summed E-state index contributed by atoms with van der Waals surface area (Å²) in [5.41, 5.74) is 2.08. The third kappa shape index (κ3) is 5.10. The van der Waals surface area contributed by atoms with Crippen LogP contribution in [-0.4, -0.2) is 6.54 Å². The number of hydrogen-bond donors (Lipinski definition) is 1. The lowest BCUT2D eigenvalue weighted by atomic mass is 9.98. The van der Waals surface area contributed by atoms with E-state index >= 15 is 0 Å². The first-order valence-electron chi connectivity index (χ1n) is 7.02. The van der Waals surface area contributed by atoms with Gasteiger partial charge in [-0.1, -0.05) is 46.6 Å². The third-order valence-corrected chi connectivity index (χ3v) is 3.95. The first-order chi connectivity index (χ1) is 10.1. The molecule has 0 aromatic heterocycles. The molecule has 2 aromatic carbocycles. The van der Waals surface area contributed by atoms with E-state index in [4.69, 9.17) is 11.6 Å². The van der Waals surface area contributed by atoms with Crippen LogP contribution in [-0.2, 0) is 6.42 Å². The predicted molar refractivity (Wildman–Crippen MR) is 90.3 cm³/mol. The molecule has 1 N–H and O–H groups in total. The summed E-state index contributed by atoms with van der Waals surface area (Å²) < 4.78 is 14.4. The maximum Gasteiger partial charge on any atom is 0.124 e. The van der Waals surface area contributed by atoms with Gasteiger partial charge in [0.1, 0.15) is 5.82 Å². The molecule has 1 atom stereocenters. The van der Waals surface area contributed by atoms with Crippen LogP contribution < -0.4 is 5.32 Å². The van der Waals surface area contributed by atoms with Gasteiger partial charge in [0.25, 0.3) is 0 Å². The van der Waals surface area contributed by atoms with Crippen molar-refractivity contribution in [3.05, 3.63) is 68.9 Å². The minimum absolute atomic E-state index is 0.0652. The monoisotopic (exact) mass is 369 g/mol. The average molecular weight is 371 g/mol. The fourth-order valence-electron chi connectivity index (χ4n) is 2.30. The van der Waals surface area contributed by atoms with E-state index in [-0.39, 0.29) is 11.9 Å². The molecule has 0 aliphatic heterocycles. The number of rotatable bonds is 6. The second-order valence-corrected chi connectivity index (χ2v) is 6.40. The molecule has 0 saturated carbocycles. The van der Waals surface area contributed by atoms with Crippen LogP contribution >= 0.6 is 27.5 Å². The van der Waals surface area contributed by atoms with Gasteiger partial charge in [-0.2, -0.15) is 0 Å². The topological polar surface area (TPSA) is 12.0 Å². The van der Waals surface area contributed by atoms with Gasteiger partial charge in [-0.05, 0) is 60.8 Å². The lowest BCUT2D eigenvalue weighted by Gasteiger charge is -2.20. The van der Waals surface area contributed by atoms with Crippen LogP contribution in [0.4, 0.5) is 4.39 Å². The molecule has 2 aromatic rings. The zero-order valence-electron chi connectivity index (χ0n) is 11.9. The molecule has 1 nitrogen and oxygen atoms in total. The summed E-state index contributed by atoms with van der Waals surface area (Å²) in [5.74, 6) is -0.228. The van der Waals surface area contributed by atoms with E-state index in [0.29, 0.717) is 0 Å². The summed E-state index contributed by atoms with van der Waals surface area (Å²) in [7, 11) is 0. The summed E-state index contributed by atoms with van der Waals surface area (Å²) in [5, 5.41) is 4.20. The van der Waals surface area contributed by atoms with E-state index in [1.165, 1.54) is 6.07 Å². The van der Waals surface area contributed by atoms with E-state index in [1.54, 1.807) is 6.07 Å². The molecule has 0 aliphatic rings. The van der Waals surface area contributed by atoms with Crippen molar-refractivity contribution in [3.63, 3.8) is 0 Å². The normalized spacial score (nSPS) is 12.4. The molecule has 21 heavy (non-hydrogen) atoms. The molecule has 2 rings (SSSR count). The number of benzene rings is 2. The molecule has 0 bridgehead atoms. The van der Waals surface area contributed by atoms with Crippen molar-refractivity contribution in [2.24, 2.45) is 0 Å². The fraction of sp³-hybridized carbons (Fsp3) is 0.294. The van der Waals surface area contributed by atoms with Gasteiger partial charge in [-0.3, -0.25) is 0 Å². The Morgan fingerprint density at radius 1 is 1.24 bits per heavy atom. The van der Waals surface area contributed by atoms with Gasteiger partial charge in [-0.25, -0.2) is 4.39 Å². The van der Waals surface area contributed by atoms with Crippen LogP contribution in [0.5, 0.6) is 0 Å². The molecule has 112 valence electrons. The second-order valence-electron chi connectivity index (χ2n) is 5.04. The maximum absolute atomic E-state index is 13.6. The Bertz CT molecular complexity index is 583. The zero-order chi connectivity index (χ0) is 15.2. The van der Waals surface area contributed by atoms with Crippen LogP contribution in [0.1, 0.15) is 30.5 Å². The van der Waals surface area contributed by atoms with Crippen molar-refractivity contribution in [1.82, 2.24) is 5.32 Å². The molecule has 0 aliphatic carbocycles. The Balaban J connectivity index is 2.25. The van der Waals surface area contributed by atoms with E-state index in [9.17, 15) is 4.39 Å². The van der Waals surface area contributed by atoms with Gasteiger partial charge in [0.05, 0.1) is 0 Å². The Labute approximate surface area is 138 Å². The molecule has 0 saturated heterocycles. The Morgan fingerprint density at radius 2 is 2.05 bits per heavy atom. The number of hydrogen-bond acceptors (Lipinski definition) is 1. The maximum atomic E-state index is 13.6. The van der Waals surface area contributed by atoms with E-state index in [0.717, 1.165) is 40.0 Å². The van der Waals surface area contributed by atoms with Crippen molar-refractivity contribution < 1.29 is 4.39 Å². The fourth-order valence-corrected chi connectivity index (χ4v) is 3.00. The summed E-state index contributed by atoms with van der Waals surface area (Å²) in [6.07, 6.45) is 1.80. The highest BCUT2D eigenvalue weighted by atomic mass is 79.9. The number of halogens is 3. The molecule has 0 amide bonds. The minimum Gasteiger partial charge on any atom is -0.310 e. The molecule has 0 radical (unpaired) electrons. The molecule has 1 unspecified atom stereocenters. The zero-order valence-corrected chi connectivity index (χ0v) is 14.2. The molecule has 4 heteroatoms. The van der Waals surface area contributed by atoms with E-state index in [1.807, 2.05) is 30.3 Å². The van der Waals surface area contributed by atoms with Crippen LogP contribution in [0.25, 0.3) is 0 Å². The van der Waals surface area contributed by atoms with Crippen molar-refractivity contribution in [2.75, 3.05) is 6.54 Å². The van der Waals surface area contributed by atoms with Crippen molar-refractivity contribution in [3.8, 4) is 0 Å². The third-order valence-electron chi connectivity index (χ3n) is 3.26.